The van der Waals surface area contributed by atoms with Gasteiger partial charge in [-0.05, 0) is 79.4 Å². The van der Waals surface area contributed by atoms with E-state index in [1.165, 1.54) is 30.2 Å². The first-order chi connectivity index (χ1) is 21.3. The number of nitrogens with zero attached hydrogens (tertiary/aromatic N) is 3. The van der Waals surface area contributed by atoms with Gasteiger partial charge in [0.15, 0.2) is 22.5 Å². The third kappa shape index (κ3) is 6.03. The molecule has 12 heteroatoms. The van der Waals surface area contributed by atoms with Crippen LogP contribution in [0.5, 0.6) is 11.5 Å². The highest BCUT2D eigenvalue weighted by Crippen LogP contribution is 2.38. The van der Waals surface area contributed by atoms with Crippen LogP contribution in [0.2, 0.25) is 5.02 Å². The topological polar surface area (TPSA) is 105 Å². The van der Waals surface area contributed by atoms with E-state index in [1.54, 1.807) is 12.1 Å². The number of thiophene rings is 1. The predicted octanol–water partition coefficient (Wildman–Crippen LogP) is 7.10. The second kappa shape index (κ2) is 12.7. The number of anilines is 1. The number of nitrogens with one attached hydrogen (secondary N) is 1. The molecule has 1 N–H and O–H groups in total. The maximum Gasteiger partial charge on any atom is 0.341 e. The van der Waals surface area contributed by atoms with Crippen LogP contribution < -0.4 is 14.8 Å². The van der Waals surface area contributed by atoms with Crippen LogP contribution in [0.15, 0.2) is 71.9 Å². The largest absolute Gasteiger partial charge is 0.465 e. The molecule has 6 rings (SSSR count). The molecule has 0 aliphatic carbocycles. The molecule has 5 aromatic rings. The zero-order valence-electron chi connectivity index (χ0n) is 24.0. The lowest BCUT2D eigenvalue weighted by Crippen LogP contribution is -2.17. The van der Waals surface area contributed by atoms with Crippen LogP contribution in [-0.2, 0) is 16.0 Å². The summed E-state index contributed by atoms with van der Waals surface area (Å²) in [6.45, 7) is 4.12. The van der Waals surface area contributed by atoms with Gasteiger partial charge in [0.2, 0.25) is 12.7 Å². The second-order valence-electron chi connectivity index (χ2n) is 9.97. The Hall–Kier alpha value is -4.32. The number of thioether (sulfide) groups is 1. The number of halogens is 1. The van der Waals surface area contributed by atoms with Gasteiger partial charge in [-0.2, -0.15) is 0 Å². The molecule has 0 radical (unpaired) electrons. The number of benzene rings is 3. The average molecular weight is 647 g/mol. The van der Waals surface area contributed by atoms with Crippen molar-refractivity contribution >= 4 is 51.6 Å². The van der Waals surface area contributed by atoms with E-state index in [0.29, 0.717) is 44.5 Å². The molecule has 1 aliphatic rings. The number of rotatable bonds is 9. The molecule has 1 amide bonds. The molecule has 2 aromatic heterocycles. The highest BCUT2D eigenvalue weighted by Gasteiger charge is 2.26. The molecule has 224 valence electrons. The zero-order valence-corrected chi connectivity index (χ0v) is 26.4. The van der Waals surface area contributed by atoms with Crippen LogP contribution in [0.25, 0.3) is 17.1 Å². The molecule has 44 heavy (non-hydrogen) atoms. The van der Waals surface area contributed by atoms with Crippen LogP contribution in [0.1, 0.15) is 31.9 Å². The molecular formula is C32H27ClN4O5S2. The maximum atomic E-state index is 13.3. The highest BCUT2D eigenvalue weighted by molar-refractivity contribution is 7.99. The number of methoxy groups -OCH3 is 1. The predicted molar refractivity (Wildman–Crippen MR) is 172 cm³/mol. The molecule has 0 unspecified atom stereocenters. The maximum absolute atomic E-state index is 13.3. The van der Waals surface area contributed by atoms with Crippen molar-refractivity contribution in [3.8, 4) is 28.6 Å². The fourth-order valence-electron chi connectivity index (χ4n) is 4.93. The molecule has 1 aliphatic heterocycles. The summed E-state index contributed by atoms with van der Waals surface area (Å²) in [5.41, 5.74) is 4.85. The van der Waals surface area contributed by atoms with E-state index in [0.717, 1.165) is 32.8 Å². The fourth-order valence-corrected chi connectivity index (χ4v) is 6.87. The number of fused-ring (bicyclic) bond motifs is 1. The number of aromatic nitrogens is 3. The molecule has 3 aromatic carbocycles. The van der Waals surface area contributed by atoms with Crippen LogP contribution in [0, 0.1) is 13.8 Å². The molecule has 3 heterocycles. The first-order valence-electron chi connectivity index (χ1n) is 13.6. The molecule has 0 saturated carbocycles. The number of hydrogen-bond acceptors (Lipinski definition) is 9. The zero-order chi connectivity index (χ0) is 30.8. The Morgan fingerprint density at radius 2 is 1.82 bits per heavy atom. The normalized spacial score (nSPS) is 11.9. The number of carbonyl (C=O) groups excluding carboxylic acids is 2. The van der Waals surface area contributed by atoms with Gasteiger partial charge in [0.25, 0.3) is 0 Å². The second-order valence-corrected chi connectivity index (χ2v) is 12.6. The van der Waals surface area contributed by atoms with Gasteiger partial charge in [-0.1, -0.05) is 47.6 Å². The number of amides is 1. The average Bonchev–Trinajstić information content (AvgIpc) is 3.74. The van der Waals surface area contributed by atoms with E-state index in [4.69, 9.17) is 25.8 Å². The Morgan fingerprint density at radius 3 is 2.59 bits per heavy atom. The summed E-state index contributed by atoms with van der Waals surface area (Å²) in [5.74, 6) is 1.23. The van der Waals surface area contributed by atoms with E-state index < -0.39 is 5.97 Å². The van der Waals surface area contributed by atoms with Crippen LogP contribution >= 0.6 is 34.7 Å². The van der Waals surface area contributed by atoms with Gasteiger partial charge in [0, 0.05) is 15.5 Å². The third-order valence-corrected chi connectivity index (χ3v) is 9.34. The third-order valence-electron chi connectivity index (χ3n) is 7.09. The van der Waals surface area contributed by atoms with Gasteiger partial charge >= 0.3 is 5.97 Å². The van der Waals surface area contributed by atoms with E-state index in [2.05, 4.69) is 15.5 Å². The van der Waals surface area contributed by atoms with Gasteiger partial charge in [-0.15, -0.1) is 21.5 Å². The van der Waals surface area contributed by atoms with Gasteiger partial charge in [0.1, 0.15) is 5.00 Å². The van der Waals surface area contributed by atoms with Crippen molar-refractivity contribution in [2.24, 2.45) is 0 Å². The number of aryl methyl sites for hydroxylation is 2. The molecule has 0 bridgehead atoms. The van der Waals surface area contributed by atoms with E-state index in [9.17, 15) is 9.59 Å². The smallest absolute Gasteiger partial charge is 0.341 e. The summed E-state index contributed by atoms with van der Waals surface area (Å²) in [4.78, 5) is 27.2. The van der Waals surface area contributed by atoms with Crippen molar-refractivity contribution in [2.75, 3.05) is 25.0 Å². The minimum atomic E-state index is -0.514. The lowest BCUT2D eigenvalue weighted by atomic mass is 10.0. The van der Waals surface area contributed by atoms with Crippen molar-refractivity contribution < 1.29 is 23.8 Å². The molecule has 9 nitrogen and oxygen atoms in total. The Kier molecular flexibility index (Phi) is 8.60. The molecular weight excluding hydrogens is 620 g/mol. The molecule has 0 saturated heterocycles. The lowest BCUT2D eigenvalue weighted by Gasteiger charge is -2.13. The minimum Gasteiger partial charge on any atom is -0.465 e. The first kappa shape index (κ1) is 29.7. The number of carbonyl (C=O) groups is 2. The van der Waals surface area contributed by atoms with E-state index >= 15 is 0 Å². The number of ether oxygens (including phenoxy) is 3. The first-order valence-corrected chi connectivity index (χ1v) is 15.8. The molecule has 0 fully saturated rings. The Morgan fingerprint density at radius 1 is 1.05 bits per heavy atom. The molecule has 0 atom stereocenters. The minimum absolute atomic E-state index is 0.0414. The summed E-state index contributed by atoms with van der Waals surface area (Å²) < 4.78 is 18.0. The quantitative estimate of drug-likeness (QED) is 0.134. The summed E-state index contributed by atoms with van der Waals surface area (Å²) >= 11 is 8.72. The van der Waals surface area contributed by atoms with E-state index in [-0.39, 0.29) is 18.5 Å². The van der Waals surface area contributed by atoms with Gasteiger partial charge in [-0.3, -0.25) is 9.36 Å². The van der Waals surface area contributed by atoms with Crippen molar-refractivity contribution in [2.45, 2.75) is 25.4 Å². The lowest BCUT2D eigenvalue weighted by molar-refractivity contribution is -0.113. The fraction of sp³-hybridized carbons (Fsp3) is 0.188. The Labute approximate surface area is 267 Å². The monoisotopic (exact) mass is 646 g/mol. The summed E-state index contributed by atoms with van der Waals surface area (Å²) in [7, 11) is 1.33. The van der Waals surface area contributed by atoms with Gasteiger partial charge in [-0.25, -0.2) is 4.79 Å². The highest BCUT2D eigenvalue weighted by atomic mass is 35.5. The van der Waals surface area contributed by atoms with Crippen molar-refractivity contribution in [1.82, 2.24) is 14.8 Å². The Bertz CT molecular complexity index is 1870. The van der Waals surface area contributed by atoms with Gasteiger partial charge in [0.05, 0.1) is 24.1 Å². The van der Waals surface area contributed by atoms with Crippen molar-refractivity contribution in [1.29, 1.82) is 0 Å². The number of para-hydroxylation sites is 1. The standard InChI is InChI=1S/C32H27ClN4O5S2/c1-18-6-4-5-7-24(18)37-29(21-9-11-22(33)12-10-21)35-36-32(37)43-16-27(38)34-30-28(31(39)40-3)23(19(2)44-30)14-20-8-13-25-26(15-20)42-17-41-25/h4-13,15H,14,16-17H2,1-3H3,(H,34,38). The van der Waals surface area contributed by atoms with Crippen molar-refractivity contribution in [3.05, 3.63) is 98.9 Å². The Balaban J connectivity index is 1.24. The van der Waals surface area contributed by atoms with Crippen LogP contribution in [-0.4, -0.2) is 46.3 Å². The van der Waals surface area contributed by atoms with Gasteiger partial charge < -0.3 is 19.5 Å². The van der Waals surface area contributed by atoms with E-state index in [1.807, 2.05) is 73.0 Å². The van der Waals surface area contributed by atoms with Crippen molar-refractivity contribution in [3.63, 3.8) is 0 Å². The molecule has 0 spiro atoms. The van der Waals surface area contributed by atoms with Crippen LogP contribution in [0.3, 0.4) is 0 Å². The number of esters is 1. The summed E-state index contributed by atoms with van der Waals surface area (Å²) in [5, 5.41) is 13.5. The summed E-state index contributed by atoms with van der Waals surface area (Å²) in [6.07, 6.45) is 0.459. The number of hydrogen-bond donors (Lipinski definition) is 1. The SMILES string of the molecule is COC(=O)c1c(NC(=O)CSc2nnc(-c3ccc(Cl)cc3)n2-c2ccccc2C)sc(C)c1Cc1ccc2c(c1)OCO2. The summed E-state index contributed by atoms with van der Waals surface area (Å²) in [6, 6.07) is 21.0. The van der Waals surface area contributed by atoms with Crippen LogP contribution in [0.4, 0.5) is 5.00 Å².